The molecule has 0 aliphatic rings. The molecular formula is C10H11F3N4O2S. The normalized spacial score (nSPS) is 12.7. The number of nitrogens with zero attached hydrogens (tertiary/aromatic N) is 2. The lowest BCUT2D eigenvalue weighted by atomic mass is 10.4. The van der Waals surface area contributed by atoms with E-state index in [1.54, 1.807) is 0 Å². The molecule has 1 heterocycles. The Morgan fingerprint density at radius 1 is 1.40 bits per heavy atom. The van der Waals surface area contributed by atoms with E-state index in [0.717, 1.165) is 24.0 Å². The van der Waals surface area contributed by atoms with E-state index < -0.39 is 29.1 Å². The summed E-state index contributed by atoms with van der Waals surface area (Å²) < 4.78 is 37.3. The molecule has 0 unspecified atom stereocenters. The summed E-state index contributed by atoms with van der Waals surface area (Å²) in [6, 6.07) is 0.0340. The number of halogens is 3. The maximum absolute atomic E-state index is 12.4. The van der Waals surface area contributed by atoms with Crippen molar-refractivity contribution < 1.29 is 22.8 Å². The number of nitrogens with one attached hydrogen (secondary N) is 2. The van der Waals surface area contributed by atoms with Crippen LogP contribution in [0.4, 0.5) is 18.0 Å². The Balaban J connectivity index is 2.73. The largest absolute Gasteiger partial charge is 0.433 e. The summed E-state index contributed by atoms with van der Waals surface area (Å²) >= 11 is 0.720. The van der Waals surface area contributed by atoms with Crippen LogP contribution in [0.5, 0.6) is 0 Å². The number of aromatic nitrogens is 2. The molecule has 0 radical (unpaired) electrons. The summed E-state index contributed by atoms with van der Waals surface area (Å²) in [6.45, 7) is 1.42. The molecule has 1 atom stereocenters. The molecule has 3 amide bonds. The van der Waals surface area contributed by atoms with Crippen LogP contribution >= 0.6 is 11.8 Å². The van der Waals surface area contributed by atoms with Gasteiger partial charge in [0.2, 0.25) is 5.91 Å². The highest BCUT2D eigenvalue weighted by Crippen LogP contribution is 2.29. The van der Waals surface area contributed by atoms with Crippen molar-refractivity contribution in [2.24, 2.45) is 0 Å². The maximum atomic E-state index is 12.4. The number of carbonyl (C=O) groups is 2. The molecule has 20 heavy (non-hydrogen) atoms. The minimum Gasteiger partial charge on any atom is -0.341 e. The number of rotatable bonds is 3. The van der Waals surface area contributed by atoms with Gasteiger partial charge in [0.05, 0.1) is 5.25 Å². The fourth-order valence-electron chi connectivity index (χ4n) is 1.04. The first-order valence-corrected chi connectivity index (χ1v) is 6.21. The Morgan fingerprint density at radius 3 is 2.60 bits per heavy atom. The van der Waals surface area contributed by atoms with Gasteiger partial charge in [0.1, 0.15) is 5.69 Å². The fourth-order valence-corrected chi connectivity index (χ4v) is 1.80. The SMILES string of the molecule is CNC(=O)NC(=O)[C@@H](C)Sc1nccc(C(F)(F)F)n1. The van der Waals surface area contributed by atoms with Crippen LogP contribution in [0.25, 0.3) is 0 Å². The summed E-state index contributed by atoms with van der Waals surface area (Å²) in [7, 11) is 1.33. The van der Waals surface area contributed by atoms with E-state index in [9.17, 15) is 22.8 Å². The maximum Gasteiger partial charge on any atom is 0.433 e. The van der Waals surface area contributed by atoms with Crippen molar-refractivity contribution in [2.75, 3.05) is 7.05 Å². The van der Waals surface area contributed by atoms with Gasteiger partial charge in [0.25, 0.3) is 0 Å². The molecule has 6 nitrogen and oxygen atoms in total. The fraction of sp³-hybridized carbons (Fsp3) is 0.400. The van der Waals surface area contributed by atoms with E-state index in [1.807, 2.05) is 5.32 Å². The van der Waals surface area contributed by atoms with E-state index >= 15 is 0 Å². The Morgan fingerprint density at radius 2 is 2.05 bits per heavy atom. The van der Waals surface area contributed by atoms with E-state index in [2.05, 4.69) is 15.3 Å². The number of amides is 3. The van der Waals surface area contributed by atoms with Gasteiger partial charge >= 0.3 is 12.2 Å². The molecule has 1 rings (SSSR count). The van der Waals surface area contributed by atoms with Gasteiger partial charge in [-0.25, -0.2) is 14.8 Å². The lowest BCUT2D eigenvalue weighted by molar-refractivity contribution is -0.141. The van der Waals surface area contributed by atoms with Crippen molar-refractivity contribution in [2.45, 2.75) is 23.5 Å². The molecule has 0 saturated heterocycles. The molecule has 0 spiro atoms. The van der Waals surface area contributed by atoms with Crippen molar-refractivity contribution in [3.63, 3.8) is 0 Å². The van der Waals surface area contributed by atoms with Crippen LogP contribution in [0.15, 0.2) is 17.4 Å². The lowest BCUT2D eigenvalue weighted by Gasteiger charge is -2.11. The number of carbonyl (C=O) groups excluding carboxylic acids is 2. The third kappa shape index (κ3) is 4.68. The summed E-state index contributed by atoms with van der Waals surface area (Å²) in [6.07, 6.45) is -3.62. The van der Waals surface area contributed by atoms with Crippen LogP contribution in [-0.4, -0.2) is 34.2 Å². The summed E-state index contributed by atoms with van der Waals surface area (Å²) in [5, 5.41) is 3.17. The molecule has 1 aromatic heterocycles. The van der Waals surface area contributed by atoms with Crippen LogP contribution in [0.3, 0.4) is 0 Å². The van der Waals surface area contributed by atoms with Gasteiger partial charge in [0, 0.05) is 13.2 Å². The molecule has 2 N–H and O–H groups in total. The van der Waals surface area contributed by atoms with Crippen molar-refractivity contribution in [1.29, 1.82) is 0 Å². The zero-order chi connectivity index (χ0) is 15.3. The van der Waals surface area contributed by atoms with Gasteiger partial charge in [-0.15, -0.1) is 0 Å². The summed E-state index contributed by atoms with van der Waals surface area (Å²) in [4.78, 5) is 29.4. The smallest absolute Gasteiger partial charge is 0.341 e. The van der Waals surface area contributed by atoms with E-state index in [-0.39, 0.29) is 5.16 Å². The number of urea groups is 1. The highest BCUT2D eigenvalue weighted by atomic mass is 32.2. The molecule has 0 fully saturated rings. The van der Waals surface area contributed by atoms with Crippen LogP contribution in [-0.2, 0) is 11.0 Å². The number of hydrogen-bond donors (Lipinski definition) is 2. The number of thioether (sulfide) groups is 1. The Labute approximate surface area is 116 Å². The van der Waals surface area contributed by atoms with Crippen LogP contribution in [0, 0.1) is 0 Å². The molecule has 110 valence electrons. The van der Waals surface area contributed by atoms with Gasteiger partial charge in [0.15, 0.2) is 5.16 Å². The number of alkyl halides is 3. The third-order valence-corrected chi connectivity index (χ3v) is 3.01. The average molecular weight is 308 g/mol. The zero-order valence-corrected chi connectivity index (χ0v) is 11.3. The minimum absolute atomic E-state index is 0.195. The highest BCUT2D eigenvalue weighted by Gasteiger charge is 2.33. The van der Waals surface area contributed by atoms with E-state index in [0.29, 0.717) is 0 Å². The van der Waals surface area contributed by atoms with Crippen molar-refractivity contribution in [3.05, 3.63) is 18.0 Å². The van der Waals surface area contributed by atoms with Crippen LogP contribution in [0.1, 0.15) is 12.6 Å². The van der Waals surface area contributed by atoms with Gasteiger partial charge in [-0.1, -0.05) is 11.8 Å². The van der Waals surface area contributed by atoms with Gasteiger partial charge in [-0.3, -0.25) is 10.1 Å². The molecule has 0 saturated carbocycles. The van der Waals surface area contributed by atoms with Crippen molar-refractivity contribution >= 4 is 23.7 Å². The Kier molecular flexibility index (Phi) is 5.31. The van der Waals surface area contributed by atoms with Gasteiger partial charge in [-0.05, 0) is 13.0 Å². The monoisotopic (exact) mass is 308 g/mol. The third-order valence-electron chi connectivity index (χ3n) is 2.04. The Hall–Kier alpha value is -1.84. The first-order chi connectivity index (χ1) is 9.24. The molecule has 10 heteroatoms. The predicted molar refractivity (Wildman–Crippen MR) is 65.0 cm³/mol. The molecule has 0 aromatic carbocycles. The van der Waals surface area contributed by atoms with E-state index in [4.69, 9.17) is 0 Å². The second kappa shape index (κ2) is 6.55. The first kappa shape index (κ1) is 16.2. The number of hydrogen-bond acceptors (Lipinski definition) is 5. The minimum atomic E-state index is -4.58. The molecular weight excluding hydrogens is 297 g/mol. The van der Waals surface area contributed by atoms with Crippen molar-refractivity contribution in [1.82, 2.24) is 20.6 Å². The number of imide groups is 1. The van der Waals surface area contributed by atoms with Crippen LogP contribution in [0.2, 0.25) is 0 Å². The highest BCUT2D eigenvalue weighted by molar-refractivity contribution is 8.00. The molecule has 0 aliphatic carbocycles. The zero-order valence-electron chi connectivity index (χ0n) is 10.5. The Bertz CT molecular complexity index is 510. The van der Waals surface area contributed by atoms with Crippen LogP contribution < -0.4 is 10.6 Å². The standard InChI is InChI=1S/C10H11F3N4O2S/c1-5(7(18)17-8(19)14-2)20-9-15-4-3-6(16-9)10(11,12)13/h3-5H,1-2H3,(H2,14,17,18,19)/t5-/m1/s1. The second-order valence-corrected chi connectivity index (χ2v) is 4.86. The second-order valence-electron chi connectivity index (χ2n) is 3.55. The predicted octanol–water partition coefficient (Wildman–Crippen LogP) is 1.43. The molecule has 1 aromatic rings. The summed E-state index contributed by atoms with van der Waals surface area (Å²) in [5.41, 5.74) is -1.09. The quantitative estimate of drug-likeness (QED) is 0.652. The van der Waals surface area contributed by atoms with E-state index in [1.165, 1.54) is 14.0 Å². The first-order valence-electron chi connectivity index (χ1n) is 5.33. The topological polar surface area (TPSA) is 84.0 Å². The lowest BCUT2D eigenvalue weighted by Crippen LogP contribution is -2.41. The van der Waals surface area contributed by atoms with Gasteiger partial charge in [-0.2, -0.15) is 13.2 Å². The molecule has 0 bridgehead atoms. The van der Waals surface area contributed by atoms with Crippen molar-refractivity contribution in [3.8, 4) is 0 Å². The van der Waals surface area contributed by atoms with Gasteiger partial charge < -0.3 is 5.32 Å². The molecule has 0 aliphatic heterocycles. The average Bonchev–Trinajstić information content (AvgIpc) is 2.37. The summed E-state index contributed by atoms with van der Waals surface area (Å²) in [5.74, 6) is -0.657.